The highest BCUT2D eigenvalue weighted by Crippen LogP contribution is 2.09. The monoisotopic (exact) mass is 311 g/mol. The maximum absolute atomic E-state index is 11.8. The smallest absolute Gasteiger partial charge is 0.337 e. The van der Waals surface area contributed by atoms with Crippen LogP contribution in [0.1, 0.15) is 17.3 Å². The lowest BCUT2D eigenvalue weighted by Crippen LogP contribution is -2.13. The van der Waals surface area contributed by atoms with Crippen LogP contribution in [0.5, 0.6) is 6.01 Å². The molecule has 8 heteroatoms. The van der Waals surface area contributed by atoms with E-state index in [0.29, 0.717) is 16.8 Å². The predicted octanol–water partition coefficient (Wildman–Crippen LogP) is 1.61. The summed E-state index contributed by atoms with van der Waals surface area (Å²) in [6, 6.07) is 3.52. The predicted molar refractivity (Wildman–Crippen MR) is 67.4 cm³/mol. The van der Waals surface area contributed by atoms with Gasteiger partial charge in [0.1, 0.15) is 4.60 Å². The van der Waals surface area contributed by atoms with Crippen molar-refractivity contribution in [2.45, 2.75) is 6.92 Å². The Hall–Kier alpha value is -1.96. The molecule has 94 valence electrons. The summed E-state index contributed by atoms with van der Waals surface area (Å²) in [4.78, 5) is 19.7. The van der Waals surface area contributed by atoms with E-state index in [9.17, 15) is 4.79 Å². The van der Waals surface area contributed by atoms with Gasteiger partial charge in [-0.05, 0) is 35.0 Å². The Kier molecular flexibility index (Phi) is 3.88. The second-order valence-electron chi connectivity index (χ2n) is 3.22. The van der Waals surface area contributed by atoms with Gasteiger partial charge >= 0.3 is 6.01 Å². The SMILES string of the molecule is CCOc1n[nH]c(NC(=O)c2ccc(Br)nc2)n1. The Bertz CT molecular complexity index is 539. The molecule has 2 aromatic rings. The number of carbonyl (C=O) groups is 1. The molecule has 2 heterocycles. The van der Waals surface area contributed by atoms with Gasteiger partial charge < -0.3 is 4.74 Å². The number of anilines is 1. The zero-order chi connectivity index (χ0) is 13.0. The highest BCUT2D eigenvalue weighted by atomic mass is 79.9. The van der Waals surface area contributed by atoms with E-state index in [1.165, 1.54) is 6.20 Å². The maximum atomic E-state index is 11.8. The van der Waals surface area contributed by atoms with Crippen molar-refractivity contribution in [2.75, 3.05) is 11.9 Å². The minimum atomic E-state index is -0.325. The van der Waals surface area contributed by atoms with Gasteiger partial charge in [0.05, 0.1) is 12.2 Å². The molecule has 0 fully saturated rings. The molecule has 7 nitrogen and oxygen atoms in total. The molecule has 2 N–H and O–H groups in total. The number of ether oxygens (including phenoxy) is 1. The zero-order valence-corrected chi connectivity index (χ0v) is 11.1. The number of nitrogens with one attached hydrogen (secondary N) is 2. The van der Waals surface area contributed by atoms with Crippen molar-refractivity contribution in [3.63, 3.8) is 0 Å². The van der Waals surface area contributed by atoms with Crippen LogP contribution in [0.4, 0.5) is 5.95 Å². The third kappa shape index (κ3) is 3.04. The van der Waals surface area contributed by atoms with Crippen molar-refractivity contribution in [1.29, 1.82) is 0 Å². The molecule has 0 saturated carbocycles. The lowest BCUT2D eigenvalue weighted by molar-refractivity contribution is 0.102. The largest absolute Gasteiger partial charge is 0.463 e. The average molecular weight is 312 g/mol. The second-order valence-corrected chi connectivity index (χ2v) is 4.04. The third-order valence-electron chi connectivity index (χ3n) is 1.96. The van der Waals surface area contributed by atoms with Crippen LogP contribution in [0.15, 0.2) is 22.9 Å². The molecule has 2 rings (SSSR count). The first-order valence-electron chi connectivity index (χ1n) is 5.17. The number of hydrogen-bond donors (Lipinski definition) is 2. The molecule has 0 aromatic carbocycles. The van der Waals surface area contributed by atoms with Crippen LogP contribution in [0.2, 0.25) is 0 Å². The van der Waals surface area contributed by atoms with Gasteiger partial charge in [-0.25, -0.2) is 10.1 Å². The molecule has 0 unspecified atom stereocenters. The fourth-order valence-corrected chi connectivity index (χ4v) is 1.42. The Morgan fingerprint density at radius 3 is 3.06 bits per heavy atom. The van der Waals surface area contributed by atoms with E-state index in [4.69, 9.17) is 4.74 Å². The Balaban J connectivity index is 2.04. The Labute approximate surface area is 111 Å². The zero-order valence-electron chi connectivity index (χ0n) is 9.48. The first-order valence-corrected chi connectivity index (χ1v) is 5.96. The van der Waals surface area contributed by atoms with E-state index >= 15 is 0 Å². The molecular formula is C10H10BrN5O2. The van der Waals surface area contributed by atoms with Crippen LogP contribution in [-0.2, 0) is 0 Å². The summed E-state index contributed by atoms with van der Waals surface area (Å²) in [6.45, 7) is 2.28. The van der Waals surface area contributed by atoms with E-state index in [0.717, 1.165) is 0 Å². The topological polar surface area (TPSA) is 92.8 Å². The minimum absolute atomic E-state index is 0.196. The van der Waals surface area contributed by atoms with Gasteiger partial charge in [-0.1, -0.05) is 0 Å². The molecule has 0 aliphatic carbocycles. The summed E-state index contributed by atoms with van der Waals surface area (Å²) in [5, 5.41) is 8.88. The number of aromatic nitrogens is 4. The summed E-state index contributed by atoms with van der Waals surface area (Å²) in [7, 11) is 0. The molecule has 0 bridgehead atoms. The summed E-state index contributed by atoms with van der Waals surface area (Å²) in [5.41, 5.74) is 0.424. The molecule has 0 aliphatic heterocycles. The fourth-order valence-electron chi connectivity index (χ4n) is 1.19. The summed E-state index contributed by atoms with van der Waals surface area (Å²) >= 11 is 3.19. The number of hydrogen-bond acceptors (Lipinski definition) is 5. The lowest BCUT2D eigenvalue weighted by atomic mass is 10.3. The van der Waals surface area contributed by atoms with Gasteiger partial charge in [0.15, 0.2) is 0 Å². The van der Waals surface area contributed by atoms with Crippen molar-refractivity contribution >= 4 is 27.8 Å². The Morgan fingerprint density at radius 1 is 1.56 bits per heavy atom. The number of rotatable bonds is 4. The third-order valence-corrected chi connectivity index (χ3v) is 2.43. The number of carbonyl (C=O) groups excluding carboxylic acids is 1. The molecule has 0 saturated heterocycles. The van der Waals surface area contributed by atoms with E-state index in [2.05, 4.69) is 41.4 Å². The van der Waals surface area contributed by atoms with Gasteiger partial charge in [-0.2, -0.15) is 4.98 Å². The van der Waals surface area contributed by atoms with Crippen LogP contribution >= 0.6 is 15.9 Å². The van der Waals surface area contributed by atoms with Gasteiger partial charge in [-0.3, -0.25) is 10.1 Å². The summed E-state index contributed by atoms with van der Waals surface area (Å²) in [5.74, 6) is -0.0967. The molecule has 0 spiro atoms. The van der Waals surface area contributed by atoms with Crippen molar-refractivity contribution in [3.05, 3.63) is 28.5 Å². The number of pyridine rings is 1. The summed E-state index contributed by atoms with van der Waals surface area (Å²) in [6.07, 6.45) is 1.46. The van der Waals surface area contributed by atoms with E-state index < -0.39 is 0 Å². The van der Waals surface area contributed by atoms with E-state index in [1.807, 2.05) is 6.92 Å². The minimum Gasteiger partial charge on any atom is -0.463 e. The van der Waals surface area contributed by atoms with Gasteiger partial charge in [0.25, 0.3) is 5.91 Å². The standard InChI is InChI=1S/C10H10BrN5O2/c1-2-18-10-14-9(15-16-10)13-8(17)6-3-4-7(11)12-5-6/h3-5H,2H2,1H3,(H2,13,14,15,16,17). The number of nitrogens with zero attached hydrogens (tertiary/aromatic N) is 3. The maximum Gasteiger partial charge on any atom is 0.337 e. The number of amides is 1. The number of H-pyrrole nitrogens is 1. The van der Waals surface area contributed by atoms with Gasteiger partial charge in [0.2, 0.25) is 5.95 Å². The lowest BCUT2D eigenvalue weighted by Gasteiger charge is -2.00. The van der Waals surface area contributed by atoms with Crippen LogP contribution in [-0.4, -0.2) is 32.7 Å². The molecular weight excluding hydrogens is 302 g/mol. The molecule has 2 aromatic heterocycles. The normalized spacial score (nSPS) is 10.1. The van der Waals surface area contributed by atoms with Crippen molar-refractivity contribution < 1.29 is 9.53 Å². The van der Waals surface area contributed by atoms with Crippen molar-refractivity contribution in [2.24, 2.45) is 0 Å². The average Bonchev–Trinajstić information content (AvgIpc) is 2.78. The second kappa shape index (κ2) is 5.58. The first-order chi connectivity index (χ1) is 8.69. The molecule has 0 atom stereocenters. The first kappa shape index (κ1) is 12.5. The van der Waals surface area contributed by atoms with E-state index in [1.54, 1.807) is 12.1 Å². The quantitative estimate of drug-likeness (QED) is 0.837. The highest BCUT2D eigenvalue weighted by Gasteiger charge is 2.10. The van der Waals surface area contributed by atoms with Crippen molar-refractivity contribution in [1.82, 2.24) is 20.2 Å². The molecule has 0 radical (unpaired) electrons. The van der Waals surface area contributed by atoms with Gasteiger partial charge in [0, 0.05) is 6.20 Å². The van der Waals surface area contributed by atoms with E-state index in [-0.39, 0.29) is 17.9 Å². The highest BCUT2D eigenvalue weighted by molar-refractivity contribution is 9.10. The van der Waals surface area contributed by atoms with Gasteiger partial charge in [-0.15, -0.1) is 5.10 Å². The fraction of sp³-hybridized carbons (Fsp3) is 0.200. The van der Waals surface area contributed by atoms with Crippen molar-refractivity contribution in [3.8, 4) is 6.01 Å². The number of aromatic amines is 1. The molecule has 1 amide bonds. The molecule has 0 aliphatic rings. The van der Waals surface area contributed by atoms with Crippen LogP contribution in [0, 0.1) is 0 Å². The Morgan fingerprint density at radius 2 is 2.39 bits per heavy atom. The number of halogens is 1. The molecule has 18 heavy (non-hydrogen) atoms. The van der Waals surface area contributed by atoms with Crippen LogP contribution in [0.3, 0.4) is 0 Å². The van der Waals surface area contributed by atoms with Crippen LogP contribution in [0.25, 0.3) is 0 Å². The van der Waals surface area contributed by atoms with Crippen LogP contribution < -0.4 is 10.1 Å². The summed E-state index contributed by atoms with van der Waals surface area (Å²) < 4.78 is 5.73.